The number of aromatic hydroxyl groups is 1. The van der Waals surface area contributed by atoms with Crippen LogP contribution in [0.2, 0.25) is 0 Å². The largest absolute Gasteiger partial charge is 0.508 e. The van der Waals surface area contributed by atoms with Gasteiger partial charge in [0.05, 0.1) is 4.92 Å². The molecule has 1 aliphatic rings. The first-order chi connectivity index (χ1) is 7.13. The number of nitro groups is 1. The second-order valence-electron chi connectivity index (χ2n) is 3.84. The first-order valence-corrected chi connectivity index (χ1v) is 4.81. The maximum Gasteiger partial charge on any atom is 0.273 e. The molecule has 15 heavy (non-hydrogen) atoms. The fourth-order valence-electron chi connectivity index (χ4n) is 1.89. The molecule has 0 aromatic heterocycles. The van der Waals surface area contributed by atoms with Crippen LogP contribution in [-0.2, 0) is 0 Å². The molecular formula is C10H12N2O3. The molecule has 80 valence electrons. The van der Waals surface area contributed by atoms with Crippen LogP contribution < -0.4 is 5.73 Å². The summed E-state index contributed by atoms with van der Waals surface area (Å²) < 4.78 is 0. The molecule has 0 spiro atoms. The minimum Gasteiger partial charge on any atom is -0.508 e. The molecule has 2 atom stereocenters. The van der Waals surface area contributed by atoms with Crippen molar-refractivity contribution in [3.8, 4) is 5.75 Å². The third-order valence-corrected chi connectivity index (χ3v) is 2.83. The van der Waals surface area contributed by atoms with Gasteiger partial charge in [0.2, 0.25) is 0 Å². The average Bonchev–Trinajstić information content (AvgIpc) is 2.95. The fourth-order valence-corrected chi connectivity index (χ4v) is 1.89. The van der Waals surface area contributed by atoms with Crippen molar-refractivity contribution < 1.29 is 10.0 Å². The maximum absolute atomic E-state index is 10.8. The standard InChI is InChI=1S/C10H12N2O3/c11-5-6-3-8(6)9-4-7(13)1-2-10(9)12(14)15/h1-2,4,6,8,13H,3,5,11H2. The number of phenolic OH excluding ortho intramolecular Hbond substituents is 1. The molecule has 0 aliphatic heterocycles. The van der Waals surface area contributed by atoms with E-state index in [1.807, 2.05) is 0 Å². The molecule has 1 aromatic rings. The van der Waals surface area contributed by atoms with E-state index in [1.54, 1.807) is 0 Å². The summed E-state index contributed by atoms with van der Waals surface area (Å²) >= 11 is 0. The topological polar surface area (TPSA) is 89.4 Å². The Morgan fingerprint density at radius 1 is 1.60 bits per heavy atom. The molecule has 1 saturated carbocycles. The summed E-state index contributed by atoms with van der Waals surface area (Å²) in [7, 11) is 0. The second kappa shape index (κ2) is 3.51. The van der Waals surface area contributed by atoms with Gasteiger partial charge in [0.1, 0.15) is 5.75 Å². The Balaban J connectivity index is 2.36. The van der Waals surface area contributed by atoms with Crippen LogP contribution in [0.4, 0.5) is 5.69 Å². The molecule has 1 aromatic carbocycles. The molecule has 3 N–H and O–H groups in total. The SMILES string of the molecule is NCC1CC1c1cc(O)ccc1[N+](=O)[O-]. The number of phenols is 1. The number of nitro benzene ring substituents is 1. The molecule has 0 radical (unpaired) electrons. The predicted molar refractivity (Wildman–Crippen MR) is 54.7 cm³/mol. The third kappa shape index (κ3) is 1.78. The lowest BCUT2D eigenvalue weighted by Crippen LogP contribution is -2.03. The predicted octanol–water partition coefficient (Wildman–Crippen LogP) is 1.36. The Hall–Kier alpha value is -1.62. The van der Waals surface area contributed by atoms with Gasteiger partial charge >= 0.3 is 0 Å². The van der Waals surface area contributed by atoms with Crippen LogP contribution in [0.25, 0.3) is 0 Å². The Kier molecular flexibility index (Phi) is 2.32. The van der Waals surface area contributed by atoms with Gasteiger partial charge in [-0.15, -0.1) is 0 Å². The minimum absolute atomic E-state index is 0.0678. The van der Waals surface area contributed by atoms with Gasteiger partial charge in [-0.3, -0.25) is 10.1 Å². The summed E-state index contributed by atoms with van der Waals surface area (Å²) in [5.41, 5.74) is 6.18. The number of hydrogen-bond acceptors (Lipinski definition) is 4. The maximum atomic E-state index is 10.8. The van der Waals surface area contributed by atoms with E-state index in [2.05, 4.69) is 0 Å². The van der Waals surface area contributed by atoms with Crippen LogP contribution in [0.3, 0.4) is 0 Å². The lowest BCUT2D eigenvalue weighted by atomic mass is 10.1. The van der Waals surface area contributed by atoms with Crippen LogP contribution in [0.1, 0.15) is 17.9 Å². The van der Waals surface area contributed by atoms with E-state index in [4.69, 9.17) is 5.73 Å². The number of nitrogens with zero attached hydrogens (tertiary/aromatic N) is 1. The highest BCUT2D eigenvalue weighted by Crippen LogP contribution is 2.50. The molecule has 0 saturated heterocycles. The molecule has 1 aliphatic carbocycles. The number of hydrogen-bond donors (Lipinski definition) is 2. The van der Waals surface area contributed by atoms with Crippen molar-refractivity contribution in [1.29, 1.82) is 0 Å². The van der Waals surface area contributed by atoms with E-state index in [0.29, 0.717) is 18.0 Å². The Labute approximate surface area is 86.7 Å². The Morgan fingerprint density at radius 3 is 2.87 bits per heavy atom. The highest BCUT2D eigenvalue weighted by atomic mass is 16.6. The molecule has 2 unspecified atom stereocenters. The van der Waals surface area contributed by atoms with Gasteiger partial charge < -0.3 is 10.8 Å². The normalized spacial score (nSPS) is 23.8. The summed E-state index contributed by atoms with van der Waals surface area (Å²) in [6.45, 7) is 0.539. The van der Waals surface area contributed by atoms with Crippen LogP contribution in [-0.4, -0.2) is 16.6 Å². The van der Waals surface area contributed by atoms with Gasteiger partial charge in [-0.05, 0) is 36.9 Å². The van der Waals surface area contributed by atoms with Gasteiger partial charge in [-0.2, -0.15) is 0 Å². The van der Waals surface area contributed by atoms with Gasteiger partial charge in [-0.25, -0.2) is 0 Å². The van der Waals surface area contributed by atoms with Crippen molar-refractivity contribution in [2.45, 2.75) is 12.3 Å². The molecule has 5 heteroatoms. The highest BCUT2D eigenvalue weighted by Gasteiger charge is 2.40. The lowest BCUT2D eigenvalue weighted by Gasteiger charge is -2.02. The highest BCUT2D eigenvalue weighted by molar-refractivity contribution is 5.49. The van der Waals surface area contributed by atoms with Crippen LogP contribution >= 0.6 is 0 Å². The smallest absolute Gasteiger partial charge is 0.273 e. The second-order valence-corrected chi connectivity index (χ2v) is 3.84. The van der Waals surface area contributed by atoms with E-state index < -0.39 is 4.92 Å². The molecule has 5 nitrogen and oxygen atoms in total. The van der Waals surface area contributed by atoms with Crippen molar-refractivity contribution in [2.24, 2.45) is 11.7 Å². The van der Waals surface area contributed by atoms with E-state index in [9.17, 15) is 15.2 Å². The van der Waals surface area contributed by atoms with Crippen molar-refractivity contribution in [3.63, 3.8) is 0 Å². The van der Waals surface area contributed by atoms with E-state index in [-0.39, 0.29) is 17.4 Å². The van der Waals surface area contributed by atoms with Gasteiger partial charge in [-0.1, -0.05) is 0 Å². The van der Waals surface area contributed by atoms with Crippen LogP contribution in [0.15, 0.2) is 18.2 Å². The van der Waals surface area contributed by atoms with E-state index in [0.717, 1.165) is 6.42 Å². The zero-order valence-corrected chi connectivity index (χ0v) is 8.09. The fraction of sp³-hybridized carbons (Fsp3) is 0.400. The van der Waals surface area contributed by atoms with Crippen molar-refractivity contribution in [2.75, 3.05) is 6.54 Å². The monoisotopic (exact) mass is 208 g/mol. The lowest BCUT2D eigenvalue weighted by molar-refractivity contribution is -0.385. The summed E-state index contributed by atoms with van der Waals surface area (Å²) in [5, 5.41) is 20.1. The Morgan fingerprint density at radius 2 is 2.33 bits per heavy atom. The average molecular weight is 208 g/mol. The van der Waals surface area contributed by atoms with Crippen LogP contribution in [0.5, 0.6) is 5.75 Å². The summed E-state index contributed by atoms with van der Waals surface area (Å²) in [6.07, 6.45) is 0.876. The molecule has 1 fully saturated rings. The zero-order valence-electron chi connectivity index (χ0n) is 8.09. The summed E-state index contributed by atoms with van der Waals surface area (Å²) in [6, 6.07) is 4.15. The van der Waals surface area contributed by atoms with Crippen molar-refractivity contribution >= 4 is 5.69 Å². The number of benzene rings is 1. The van der Waals surface area contributed by atoms with Crippen molar-refractivity contribution in [1.82, 2.24) is 0 Å². The van der Waals surface area contributed by atoms with E-state index in [1.165, 1.54) is 18.2 Å². The quantitative estimate of drug-likeness (QED) is 0.579. The number of rotatable bonds is 3. The van der Waals surface area contributed by atoms with Gasteiger partial charge in [0.15, 0.2) is 0 Å². The first kappa shape index (κ1) is 9.92. The first-order valence-electron chi connectivity index (χ1n) is 4.81. The van der Waals surface area contributed by atoms with Gasteiger partial charge in [0, 0.05) is 11.6 Å². The minimum atomic E-state index is -0.416. The van der Waals surface area contributed by atoms with E-state index >= 15 is 0 Å². The third-order valence-electron chi connectivity index (χ3n) is 2.83. The summed E-state index contributed by atoms with van der Waals surface area (Å²) in [4.78, 5) is 10.3. The van der Waals surface area contributed by atoms with Crippen molar-refractivity contribution in [3.05, 3.63) is 33.9 Å². The number of nitrogens with two attached hydrogens (primary N) is 1. The zero-order chi connectivity index (χ0) is 11.0. The molecule has 0 bridgehead atoms. The Bertz CT molecular complexity index is 406. The molecule has 0 heterocycles. The van der Waals surface area contributed by atoms with Gasteiger partial charge in [0.25, 0.3) is 5.69 Å². The summed E-state index contributed by atoms with van der Waals surface area (Å²) in [5.74, 6) is 0.534. The van der Waals surface area contributed by atoms with Crippen LogP contribution in [0, 0.1) is 16.0 Å². The molecule has 0 amide bonds. The molecule has 2 rings (SSSR count). The molecular weight excluding hydrogens is 196 g/mol.